The number of rotatable bonds is 3. The Labute approximate surface area is 105 Å². The molecule has 2 rings (SSSR count). The van der Waals surface area contributed by atoms with Gasteiger partial charge in [0, 0.05) is 18.6 Å². The first kappa shape index (κ1) is 13.3. The first-order valence-electron chi connectivity index (χ1n) is 6.73. The predicted molar refractivity (Wildman–Crippen MR) is 69.9 cm³/mol. The predicted octanol–water partition coefficient (Wildman–Crippen LogP) is 0.638. The van der Waals surface area contributed by atoms with Crippen LogP contribution in [0.4, 0.5) is 0 Å². The van der Waals surface area contributed by atoms with Crippen LogP contribution in [-0.2, 0) is 9.84 Å². The van der Waals surface area contributed by atoms with Gasteiger partial charge in [-0.15, -0.1) is 0 Å². The van der Waals surface area contributed by atoms with Crippen molar-refractivity contribution in [3.05, 3.63) is 0 Å². The zero-order valence-electron chi connectivity index (χ0n) is 10.7. The van der Waals surface area contributed by atoms with Gasteiger partial charge in [-0.05, 0) is 39.3 Å². The highest BCUT2D eigenvalue weighted by Crippen LogP contribution is 2.25. The van der Waals surface area contributed by atoms with E-state index in [2.05, 4.69) is 10.2 Å². The SMILES string of the molecule is CNCC1CCCCN1C1CCCS(=O)(=O)C1. The molecular formula is C12H24N2O2S. The summed E-state index contributed by atoms with van der Waals surface area (Å²) < 4.78 is 23.5. The average Bonchev–Trinajstić information content (AvgIpc) is 2.29. The second-order valence-corrected chi connectivity index (χ2v) is 7.58. The van der Waals surface area contributed by atoms with Gasteiger partial charge in [-0.1, -0.05) is 6.42 Å². The zero-order chi connectivity index (χ0) is 12.3. The average molecular weight is 260 g/mol. The number of piperidine rings is 1. The lowest BCUT2D eigenvalue weighted by Crippen LogP contribution is -2.53. The quantitative estimate of drug-likeness (QED) is 0.809. The molecule has 17 heavy (non-hydrogen) atoms. The third-order valence-electron chi connectivity index (χ3n) is 4.02. The summed E-state index contributed by atoms with van der Waals surface area (Å²) in [4.78, 5) is 2.46. The maximum atomic E-state index is 11.7. The van der Waals surface area contributed by atoms with E-state index >= 15 is 0 Å². The van der Waals surface area contributed by atoms with Crippen LogP contribution >= 0.6 is 0 Å². The Morgan fingerprint density at radius 3 is 2.76 bits per heavy atom. The largest absolute Gasteiger partial charge is 0.318 e. The van der Waals surface area contributed by atoms with Crippen molar-refractivity contribution in [3.63, 3.8) is 0 Å². The van der Waals surface area contributed by atoms with Crippen LogP contribution < -0.4 is 5.32 Å². The molecule has 2 saturated heterocycles. The molecule has 2 aliphatic heterocycles. The molecule has 2 fully saturated rings. The Balaban J connectivity index is 2.03. The van der Waals surface area contributed by atoms with Crippen molar-refractivity contribution in [1.29, 1.82) is 0 Å². The van der Waals surface area contributed by atoms with E-state index in [0.717, 1.165) is 25.9 Å². The molecule has 5 heteroatoms. The standard InChI is InChI=1S/C12H24N2O2S/c1-13-9-11-5-2-3-7-14(11)12-6-4-8-17(15,16)10-12/h11-13H,2-10H2,1H3. The van der Waals surface area contributed by atoms with Crippen molar-refractivity contribution < 1.29 is 8.42 Å². The summed E-state index contributed by atoms with van der Waals surface area (Å²) in [6.45, 7) is 2.06. The smallest absolute Gasteiger partial charge is 0.151 e. The van der Waals surface area contributed by atoms with Crippen molar-refractivity contribution in [2.24, 2.45) is 0 Å². The van der Waals surface area contributed by atoms with Crippen LogP contribution in [0.1, 0.15) is 32.1 Å². The van der Waals surface area contributed by atoms with Crippen LogP contribution in [0.2, 0.25) is 0 Å². The number of likely N-dealkylation sites (N-methyl/N-ethyl adjacent to an activating group) is 1. The number of likely N-dealkylation sites (tertiary alicyclic amines) is 1. The minimum Gasteiger partial charge on any atom is -0.318 e. The summed E-state index contributed by atoms with van der Waals surface area (Å²) in [6.07, 6.45) is 5.60. The molecule has 0 aromatic rings. The van der Waals surface area contributed by atoms with Crippen molar-refractivity contribution in [2.45, 2.75) is 44.2 Å². The summed E-state index contributed by atoms with van der Waals surface area (Å²) in [6, 6.07) is 0.805. The normalized spacial score (nSPS) is 34.6. The van der Waals surface area contributed by atoms with E-state index in [1.165, 1.54) is 19.3 Å². The third kappa shape index (κ3) is 3.42. The molecule has 0 amide bonds. The first-order valence-corrected chi connectivity index (χ1v) is 8.55. The lowest BCUT2D eigenvalue weighted by molar-refractivity contribution is 0.0976. The molecule has 0 radical (unpaired) electrons. The van der Waals surface area contributed by atoms with Crippen molar-refractivity contribution in [1.82, 2.24) is 10.2 Å². The number of hydrogen-bond acceptors (Lipinski definition) is 4. The van der Waals surface area contributed by atoms with Crippen molar-refractivity contribution >= 4 is 9.84 Å². The Kier molecular flexibility index (Phi) is 4.44. The molecule has 2 heterocycles. The van der Waals surface area contributed by atoms with Gasteiger partial charge in [-0.2, -0.15) is 0 Å². The van der Waals surface area contributed by atoms with E-state index in [1.54, 1.807) is 0 Å². The number of nitrogens with one attached hydrogen (secondary N) is 1. The van der Waals surface area contributed by atoms with Crippen LogP contribution in [0.3, 0.4) is 0 Å². The Morgan fingerprint density at radius 1 is 1.24 bits per heavy atom. The highest BCUT2D eigenvalue weighted by atomic mass is 32.2. The zero-order valence-corrected chi connectivity index (χ0v) is 11.5. The molecule has 2 unspecified atom stereocenters. The van der Waals surface area contributed by atoms with Gasteiger partial charge in [0.05, 0.1) is 11.5 Å². The summed E-state index contributed by atoms with van der Waals surface area (Å²) in [7, 11) is -0.805. The highest BCUT2D eigenvalue weighted by molar-refractivity contribution is 7.91. The lowest BCUT2D eigenvalue weighted by atomic mass is 9.98. The first-order chi connectivity index (χ1) is 8.12. The summed E-state index contributed by atoms with van der Waals surface area (Å²) in [5, 5.41) is 3.24. The van der Waals surface area contributed by atoms with E-state index in [0.29, 0.717) is 17.5 Å². The van der Waals surface area contributed by atoms with E-state index in [1.807, 2.05) is 7.05 Å². The summed E-state index contributed by atoms with van der Waals surface area (Å²) in [5.74, 6) is 0.779. The second-order valence-electron chi connectivity index (χ2n) is 5.36. The van der Waals surface area contributed by atoms with Crippen LogP contribution in [0, 0.1) is 0 Å². The lowest BCUT2D eigenvalue weighted by Gasteiger charge is -2.42. The van der Waals surface area contributed by atoms with Crippen LogP contribution in [0.15, 0.2) is 0 Å². The van der Waals surface area contributed by atoms with Crippen molar-refractivity contribution in [2.75, 3.05) is 31.6 Å². The van der Waals surface area contributed by atoms with Crippen LogP contribution in [0.25, 0.3) is 0 Å². The van der Waals surface area contributed by atoms with Gasteiger partial charge < -0.3 is 5.32 Å². The minimum atomic E-state index is -2.78. The molecule has 0 saturated carbocycles. The van der Waals surface area contributed by atoms with E-state index in [9.17, 15) is 8.42 Å². The molecule has 0 spiro atoms. The van der Waals surface area contributed by atoms with Gasteiger partial charge in [0.2, 0.25) is 0 Å². The Bertz CT molecular complexity index is 340. The molecule has 2 atom stereocenters. The summed E-state index contributed by atoms with van der Waals surface area (Å²) >= 11 is 0. The molecule has 0 bridgehead atoms. The maximum Gasteiger partial charge on any atom is 0.151 e. The van der Waals surface area contributed by atoms with Gasteiger partial charge in [0.15, 0.2) is 9.84 Å². The fraction of sp³-hybridized carbons (Fsp3) is 1.00. The Hall–Kier alpha value is -0.130. The minimum absolute atomic E-state index is 0.271. The molecule has 1 N–H and O–H groups in total. The maximum absolute atomic E-state index is 11.7. The third-order valence-corrected chi connectivity index (χ3v) is 5.82. The van der Waals surface area contributed by atoms with E-state index < -0.39 is 9.84 Å². The number of nitrogens with zero attached hydrogens (tertiary/aromatic N) is 1. The van der Waals surface area contributed by atoms with Crippen LogP contribution in [-0.4, -0.2) is 57.0 Å². The Morgan fingerprint density at radius 2 is 2.06 bits per heavy atom. The van der Waals surface area contributed by atoms with Crippen molar-refractivity contribution in [3.8, 4) is 0 Å². The van der Waals surface area contributed by atoms with Gasteiger partial charge in [0.1, 0.15) is 0 Å². The number of sulfone groups is 1. The topological polar surface area (TPSA) is 49.4 Å². The second kappa shape index (κ2) is 5.67. The molecule has 2 aliphatic rings. The molecule has 0 aliphatic carbocycles. The van der Waals surface area contributed by atoms with Crippen LogP contribution in [0.5, 0.6) is 0 Å². The molecular weight excluding hydrogens is 236 g/mol. The fourth-order valence-corrected chi connectivity index (χ4v) is 4.94. The molecule has 0 aromatic heterocycles. The van der Waals surface area contributed by atoms with E-state index in [-0.39, 0.29) is 6.04 Å². The van der Waals surface area contributed by atoms with E-state index in [4.69, 9.17) is 0 Å². The van der Waals surface area contributed by atoms with Gasteiger partial charge in [-0.3, -0.25) is 4.90 Å². The monoisotopic (exact) mass is 260 g/mol. The highest BCUT2D eigenvalue weighted by Gasteiger charge is 2.33. The van der Waals surface area contributed by atoms with Gasteiger partial charge in [0.25, 0.3) is 0 Å². The van der Waals surface area contributed by atoms with Gasteiger partial charge >= 0.3 is 0 Å². The number of hydrogen-bond donors (Lipinski definition) is 1. The molecule has 100 valence electrons. The molecule has 4 nitrogen and oxygen atoms in total. The summed E-state index contributed by atoms with van der Waals surface area (Å²) in [5.41, 5.74) is 0. The van der Waals surface area contributed by atoms with Gasteiger partial charge in [-0.25, -0.2) is 8.42 Å². The molecule has 0 aromatic carbocycles. The fourth-order valence-electron chi connectivity index (χ4n) is 3.22.